The number of anilines is 1. The van der Waals surface area contributed by atoms with Crippen molar-refractivity contribution in [3.63, 3.8) is 0 Å². The third-order valence-electron chi connectivity index (χ3n) is 2.44. The van der Waals surface area contributed by atoms with Crippen LogP contribution in [0.4, 0.5) is 5.82 Å². The number of nitrogens with zero attached hydrogens (tertiary/aromatic N) is 2. The summed E-state index contributed by atoms with van der Waals surface area (Å²) in [7, 11) is 0. The van der Waals surface area contributed by atoms with Gasteiger partial charge in [-0.25, -0.2) is 4.98 Å². The topological polar surface area (TPSA) is 48.7 Å². The SMILES string of the molecule is Cc1ccc(C(C)Nc2ccc(C#N)cn2)s1. The molecule has 86 valence electrons. The van der Waals surface area contributed by atoms with E-state index in [1.807, 2.05) is 6.07 Å². The van der Waals surface area contributed by atoms with E-state index >= 15 is 0 Å². The Hall–Kier alpha value is -1.86. The van der Waals surface area contributed by atoms with Gasteiger partial charge < -0.3 is 5.32 Å². The molecule has 2 aromatic rings. The second-order valence-corrected chi connectivity index (χ2v) is 5.18. The van der Waals surface area contributed by atoms with Crippen molar-refractivity contribution in [1.82, 2.24) is 4.98 Å². The van der Waals surface area contributed by atoms with Crippen LogP contribution >= 0.6 is 11.3 Å². The predicted molar refractivity (Wildman–Crippen MR) is 70.0 cm³/mol. The molecule has 0 bridgehead atoms. The second kappa shape index (κ2) is 4.98. The Morgan fingerprint density at radius 2 is 2.18 bits per heavy atom. The standard InChI is InChI=1S/C13H13N3S/c1-9-3-5-12(17-9)10(2)16-13-6-4-11(7-14)8-15-13/h3-6,8,10H,1-2H3,(H,15,16). The van der Waals surface area contributed by atoms with Crippen LogP contribution in [0, 0.1) is 18.3 Å². The molecule has 0 aliphatic carbocycles. The van der Waals surface area contributed by atoms with E-state index in [-0.39, 0.29) is 6.04 Å². The molecule has 2 heterocycles. The number of hydrogen-bond acceptors (Lipinski definition) is 4. The maximum absolute atomic E-state index is 8.68. The molecule has 0 saturated heterocycles. The summed E-state index contributed by atoms with van der Waals surface area (Å²) in [5, 5.41) is 12.0. The van der Waals surface area contributed by atoms with Crippen molar-refractivity contribution >= 4 is 17.2 Å². The molecule has 0 aliphatic rings. The van der Waals surface area contributed by atoms with Gasteiger partial charge >= 0.3 is 0 Å². The van der Waals surface area contributed by atoms with Crippen LogP contribution in [-0.4, -0.2) is 4.98 Å². The van der Waals surface area contributed by atoms with Gasteiger partial charge in [-0.1, -0.05) is 0 Å². The van der Waals surface area contributed by atoms with Gasteiger partial charge in [-0.15, -0.1) is 11.3 Å². The van der Waals surface area contributed by atoms with Crippen LogP contribution in [-0.2, 0) is 0 Å². The van der Waals surface area contributed by atoms with Gasteiger partial charge in [-0.2, -0.15) is 5.26 Å². The Balaban J connectivity index is 2.08. The van der Waals surface area contributed by atoms with E-state index < -0.39 is 0 Å². The van der Waals surface area contributed by atoms with Gasteiger partial charge in [0.2, 0.25) is 0 Å². The van der Waals surface area contributed by atoms with Gasteiger partial charge in [0.15, 0.2) is 0 Å². The highest BCUT2D eigenvalue weighted by Crippen LogP contribution is 2.24. The van der Waals surface area contributed by atoms with Crippen molar-refractivity contribution < 1.29 is 0 Å². The lowest BCUT2D eigenvalue weighted by Gasteiger charge is -2.12. The van der Waals surface area contributed by atoms with Crippen LogP contribution < -0.4 is 5.32 Å². The molecule has 1 atom stereocenters. The zero-order valence-corrected chi connectivity index (χ0v) is 10.6. The minimum atomic E-state index is 0.231. The molecule has 4 heteroatoms. The maximum Gasteiger partial charge on any atom is 0.126 e. The molecule has 0 aromatic carbocycles. The van der Waals surface area contributed by atoms with Gasteiger partial charge in [0.05, 0.1) is 11.6 Å². The second-order valence-electron chi connectivity index (χ2n) is 3.86. The van der Waals surface area contributed by atoms with E-state index in [0.717, 1.165) is 5.82 Å². The van der Waals surface area contributed by atoms with Crippen molar-refractivity contribution in [1.29, 1.82) is 5.26 Å². The highest BCUT2D eigenvalue weighted by Gasteiger charge is 2.07. The molecule has 0 radical (unpaired) electrons. The molecular weight excluding hydrogens is 230 g/mol. The predicted octanol–water partition coefficient (Wildman–Crippen LogP) is 3.50. The summed E-state index contributed by atoms with van der Waals surface area (Å²) in [4.78, 5) is 6.79. The quantitative estimate of drug-likeness (QED) is 0.897. The molecule has 2 aromatic heterocycles. The van der Waals surface area contributed by atoms with E-state index in [9.17, 15) is 0 Å². The van der Waals surface area contributed by atoms with Crippen LogP contribution in [0.3, 0.4) is 0 Å². The zero-order chi connectivity index (χ0) is 12.3. The molecule has 0 saturated carbocycles. The summed E-state index contributed by atoms with van der Waals surface area (Å²) in [6.07, 6.45) is 1.58. The first-order chi connectivity index (χ1) is 8.19. The first-order valence-corrected chi connectivity index (χ1v) is 6.19. The molecule has 0 aliphatic heterocycles. The smallest absolute Gasteiger partial charge is 0.126 e. The molecule has 0 fully saturated rings. The average molecular weight is 243 g/mol. The third-order valence-corrected chi connectivity index (χ3v) is 3.63. The van der Waals surface area contributed by atoms with Gasteiger partial charge in [0.25, 0.3) is 0 Å². The fourth-order valence-corrected chi connectivity index (χ4v) is 2.40. The van der Waals surface area contributed by atoms with Crippen LogP contribution in [0.15, 0.2) is 30.5 Å². The summed E-state index contributed by atoms with van der Waals surface area (Å²) < 4.78 is 0. The monoisotopic (exact) mass is 243 g/mol. The maximum atomic E-state index is 8.68. The van der Waals surface area contributed by atoms with Gasteiger partial charge in [0, 0.05) is 16.0 Å². The van der Waals surface area contributed by atoms with Crippen LogP contribution in [0.25, 0.3) is 0 Å². The first-order valence-electron chi connectivity index (χ1n) is 5.38. The molecule has 2 rings (SSSR count). The normalized spacial score (nSPS) is 11.8. The molecule has 1 unspecified atom stereocenters. The molecular formula is C13H13N3S. The number of nitrogens with one attached hydrogen (secondary N) is 1. The number of pyridine rings is 1. The first kappa shape index (κ1) is 11.6. The molecule has 1 N–H and O–H groups in total. The highest BCUT2D eigenvalue weighted by atomic mass is 32.1. The minimum Gasteiger partial charge on any atom is -0.363 e. The van der Waals surface area contributed by atoms with Crippen molar-refractivity contribution in [3.05, 3.63) is 45.8 Å². The number of aromatic nitrogens is 1. The molecule has 0 amide bonds. The van der Waals surface area contributed by atoms with E-state index in [4.69, 9.17) is 5.26 Å². The van der Waals surface area contributed by atoms with Crippen LogP contribution in [0.1, 0.15) is 28.3 Å². The number of rotatable bonds is 3. The van der Waals surface area contributed by atoms with Crippen molar-refractivity contribution in [3.8, 4) is 6.07 Å². The number of thiophene rings is 1. The number of nitriles is 1. The van der Waals surface area contributed by atoms with E-state index in [2.05, 4.69) is 42.4 Å². The van der Waals surface area contributed by atoms with Gasteiger partial charge in [0.1, 0.15) is 11.9 Å². The molecule has 3 nitrogen and oxygen atoms in total. The lowest BCUT2D eigenvalue weighted by molar-refractivity contribution is 0.896. The van der Waals surface area contributed by atoms with Crippen molar-refractivity contribution in [2.75, 3.05) is 5.32 Å². The lowest BCUT2D eigenvalue weighted by atomic mass is 10.2. The lowest BCUT2D eigenvalue weighted by Crippen LogP contribution is -2.06. The summed E-state index contributed by atoms with van der Waals surface area (Å²) >= 11 is 1.78. The summed E-state index contributed by atoms with van der Waals surface area (Å²) in [5.74, 6) is 0.794. The van der Waals surface area contributed by atoms with Crippen molar-refractivity contribution in [2.45, 2.75) is 19.9 Å². The molecule has 0 spiro atoms. The zero-order valence-electron chi connectivity index (χ0n) is 9.77. The Morgan fingerprint density at radius 1 is 1.35 bits per heavy atom. The number of aryl methyl sites for hydroxylation is 1. The average Bonchev–Trinajstić information content (AvgIpc) is 2.77. The fraction of sp³-hybridized carbons (Fsp3) is 0.231. The fourth-order valence-electron chi connectivity index (χ4n) is 1.52. The Labute approximate surface area is 105 Å². The molecule has 17 heavy (non-hydrogen) atoms. The van der Waals surface area contributed by atoms with Gasteiger partial charge in [-0.3, -0.25) is 0 Å². The van der Waals surface area contributed by atoms with Gasteiger partial charge in [-0.05, 0) is 38.1 Å². The van der Waals surface area contributed by atoms with E-state index in [1.54, 1.807) is 23.6 Å². The Kier molecular flexibility index (Phi) is 3.40. The third kappa shape index (κ3) is 2.83. The Morgan fingerprint density at radius 3 is 2.71 bits per heavy atom. The van der Waals surface area contributed by atoms with E-state index in [1.165, 1.54) is 9.75 Å². The van der Waals surface area contributed by atoms with E-state index in [0.29, 0.717) is 5.56 Å². The van der Waals surface area contributed by atoms with Crippen LogP contribution in [0.2, 0.25) is 0 Å². The van der Waals surface area contributed by atoms with Crippen LogP contribution in [0.5, 0.6) is 0 Å². The summed E-state index contributed by atoms with van der Waals surface area (Å²) in [6, 6.07) is 10.1. The summed E-state index contributed by atoms with van der Waals surface area (Å²) in [6.45, 7) is 4.20. The summed E-state index contributed by atoms with van der Waals surface area (Å²) in [5.41, 5.74) is 0.579. The number of hydrogen-bond donors (Lipinski definition) is 1. The largest absolute Gasteiger partial charge is 0.363 e. The highest BCUT2D eigenvalue weighted by molar-refractivity contribution is 7.12. The minimum absolute atomic E-state index is 0.231. The Bertz CT molecular complexity index is 537. The van der Waals surface area contributed by atoms with Crippen molar-refractivity contribution in [2.24, 2.45) is 0 Å².